The Morgan fingerprint density at radius 3 is 3.15 bits per heavy atom. The van der Waals surface area contributed by atoms with E-state index >= 15 is 0 Å². The van der Waals surface area contributed by atoms with Gasteiger partial charge in [0.2, 0.25) is 0 Å². The molecule has 20 heavy (non-hydrogen) atoms. The van der Waals surface area contributed by atoms with Crippen molar-refractivity contribution in [3.63, 3.8) is 0 Å². The molecule has 0 bridgehead atoms. The topological polar surface area (TPSA) is 40.7 Å². The van der Waals surface area contributed by atoms with E-state index in [0.29, 0.717) is 6.04 Å². The summed E-state index contributed by atoms with van der Waals surface area (Å²) in [6.07, 6.45) is 1.87. The van der Waals surface area contributed by atoms with Crippen molar-refractivity contribution < 1.29 is 0 Å². The molecule has 2 heterocycles. The van der Waals surface area contributed by atoms with Crippen LogP contribution in [0.15, 0.2) is 48.7 Å². The molecule has 0 spiro atoms. The summed E-state index contributed by atoms with van der Waals surface area (Å²) in [5.74, 6) is 2.23. The Balaban J connectivity index is 1.66. The van der Waals surface area contributed by atoms with Gasteiger partial charge >= 0.3 is 0 Å². The number of thioether (sulfide) groups is 1. The highest BCUT2D eigenvalue weighted by molar-refractivity contribution is 7.98. The van der Waals surface area contributed by atoms with Crippen LogP contribution >= 0.6 is 11.8 Å². The van der Waals surface area contributed by atoms with E-state index in [1.165, 1.54) is 11.1 Å². The zero-order valence-corrected chi connectivity index (χ0v) is 11.8. The number of nitrogens with zero attached hydrogens (tertiary/aromatic N) is 1. The summed E-state index contributed by atoms with van der Waals surface area (Å²) in [6, 6.07) is 15.4. The largest absolute Gasteiger partial charge is 0.377 e. The van der Waals surface area contributed by atoms with Crippen molar-refractivity contribution in [2.75, 3.05) is 11.1 Å². The lowest BCUT2D eigenvalue weighted by molar-refractivity contribution is 0.871. The second-order valence-electron chi connectivity index (χ2n) is 5.08. The molecule has 0 fully saturated rings. The maximum atomic E-state index is 4.07. The average molecular weight is 281 g/mol. The molecule has 0 radical (unpaired) electrons. The van der Waals surface area contributed by atoms with Crippen molar-refractivity contribution in [1.82, 2.24) is 10.2 Å². The molecule has 3 aromatic rings. The lowest BCUT2D eigenvalue weighted by Crippen LogP contribution is -2.18. The fourth-order valence-electron chi connectivity index (χ4n) is 2.74. The first kappa shape index (κ1) is 11.9. The molecule has 2 aromatic carbocycles. The third-order valence-corrected chi connectivity index (χ3v) is 4.84. The smallest absolute Gasteiger partial charge is 0.0651 e. The summed E-state index contributed by atoms with van der Waals surface area (Å²) in [7, 11) is 0. The summed E-state index contributed by atoms with van der Waals surface area (Å²) < 4.78 is 0. The van der Waals surface area contributed by atoms with Crippen LogP contribution in [0.3, 0.4) is 0 Å². The van der Waals surface area contributed by atoms with Crippen molar-refractivity contribution in [3.8, 4) is 0 Å². The minimum absolute atomic E-state index is 0.384. The van der Waals surface area contributed by atoms with Crippen molar-refractivity contribution in [2.24, 2.45) is 0 Å². The van der Waals surface area contributed by atoms with Gasteiger partial charge in [0.15, 0.2) is 0 Å². The summed E-state index contributed by atoms with van der Waals surface area (Å²) in [5.41, 5.74) is 5.11. The van der Waals surface area contributed by atoms with Crippen molar-refractivity contribution in [2.45, 2.75) is 11.8 Å². The fraction of sp³-hybridized carbons (Fsp3) is 0.188. The van der Waals surface area contributed by atoms with Crippen molar-refractivity contribution in [1.29, 1.82) is 0 Å². The third kappa shape index (κ3) is 2.06. The van der Waals surface area contributed by atoms with Gasteiger partial charge in [-0.1, -0.05) is 24.3 Å². The van der Waals surface area contributed by atoms with E-state index in [-0.39, 0.29) is 0 Å². The molecule has 1 unspecified atom stereocenters. The van der Waals surface area contributed by atoms with E-state index in [2.05, 4.69) is 58.0 Å². The van der Waals surface area contributed by atoms with E-state index in [9.17, 15) is 0 Å². The van der Waals surface area contributed by atoms with Gasteiger partial charge in [-0.25, -0.2) is 0 Å². The van der Waals surface area contributed by atoms with Gasteiger partial charge < -0.3 is 5.32 Å². The number of hydrogen-bond donors (Lipinski definition) is 2. The quantitative estimate of drug-likeness (QED) is 0.747. The second kappa shape index (κ2) is 4.87. The van der Waals surface area contributed by atoms with Gasteiger partial charge in [-0.2, -0.15) is 16.9 Å². The fourth-order valence-corrected chi connectivity index (χ4v) is 3.83. The van der Waals surface area contributed by atoms with Crippen LogP contribution in [0.25, 0.3) is 10.9 Å². The Labute approximate surface area is 121 Å². The van der Waals surface area contributed by atoms with Crippen molar-refractivity contribution in [3.05, 3.63) is 59.8 Å². The molecule has 1 aliphatic heterocycles. The number of aromatic amines is 1. The number of rotatable bonds is 2. The minimum atomic E-state index is 0.384. The molecule has 3 nitrogen and oxygen atoms in total. The summed E-state index contributed by atoms with van der Waals surface area (Å²) >= 11 is 1.99. The van der Waals surface area contributed by atoms with Gasteiger partial charge in [-0.15, -0.1) is 0 Å². The van der Waals surface area contributed by atoms with E-state index in [0.717, 1.165) is 28.1 Å². The highest BCUT2D eigenvalue weighted by atomic mass is 32.2. The molecule has 1 aromatic heterocycles. The maximum Gasteiger partial charge on any atom is 0.0651 e. The zero-order valence-electron chi connectivity index (χ0n) is 11.0. The number of benzene rings is 2. The Morgan fingerprint density at radius 1 is 1.20 bits per heavy atom. The summed E-state index contributed by atoms with van der Waals surface area (Å²) in [6.45, 7) is 0. The molecule has 1 atom stereocenters. The first-order chi connectivity index (χ1) is 9.90. The van der Waals surface area contributed by atoms with Crippen LogP contribution in [-0.4, -0.2) is 16.0 Å². The molecular formula is C16H15N3S. The van der Waals surface area contributed by atoms with E-state index in [4.69, 9.17) is 0 Å². The summed E-state index contributed by atoms with van der Waals surface area (Å²) in [5, 5.41) is 11.9. The molecule has 4 heteroatoms. The second-order valence-corrected chi connectivity index (χ2v) is 6.11. The van der Waals surface area contributed by atoms with Gasteiger partial charge in [0.25, 0.3) is 0 Å². The molecule has 100 valence electrons. The lowest BCUT2D eigenvalue weighted by atomic mass is 10.0. The Bertz CT molecular complexity index is 750. The average Bonchev–Trinajstić information content (AvgIpc) is 2.95. The first-order valence-corrected chi connectivity index (χ1v) is 7.91. The monoisotopic (exact) mass is 281 g/mol. The van der Waals surface area contributed by atoms with E-state index < -0.39 is 0 Å². The molecule has 0 amide bonds. The standard InChI is InChI=1S/C16H15N3S/c1-2-4-14-11(3-1)9-20-10-16(14)18-13-5-6-15-12(7-13)8-17-19-15/h1-8,16,18H,9-10H2,(H,17,19). The zero-order chi connectivity index (χ0) is 13.4. The number of aromatic nitrogens is 2. The number of fused-ring (bicyclic) bond motifs is 2. The van der Waals surface area contributed by atoms with Gasteiger partial charge in [0, 0.05) is 22.6 Å². The van der Waals surface area contributed by atoms with E-state index in [1.54, 1.807) is 0 Å². The Hall–Kier alpha value is -1.94. The van der Waals surface area contributed by atoms with Gasteiger partial charge in [0.05, 0.1) is 17.8 Å². The van der Waals surface area contributed by atoms with Crippen LogP contribution in [0, 0.1) is 0 Å². The molecule has 1 aliphatic rings. The van der Waals surface area contributed by atoms with Gasteiger partial charge in [0.1, 0.15) is 0 Å². The highest BCUT2D eigenvalue weighted by Crippen LogP contribution is 2.34. The highest BCUT2D eigenvalue weighted by Gasteiger charge is 2.19. The van der Waals surface area contributed by atoms with Gasteiger partial charge in [-0.05, 0) is 29.3 Å². The number of anilines is 1. The van der Waals surface area contributed by atoms with Crippen LogP contribution < -0.4 is 5.32 Å². The molecular weight excluding hydrogens is 266 g/mol. The number of hydrogen-bond acceptors (Lipinski definition) is 3. The van der Waals surface area contributed by atoms with Crippen LogP contribution in [-0.2, 0) is 5.75 Å². The van der Waals surface area contributed by atoms with Crippen LogP contribution in [0.2, 0.25) is 0 Å². The van der Waals surface area contributed by atoms with Crippen LogP contribution in [0.1, 0.15) is 17.2 Å². The number of nitrogens with one attached hydrogen (secondary N) is 2. The maximum absolute atomic E-state index is 4.07. The lowest BCUT2D eigenvalue weighted by Gasteiger charge is -2.27. The molecule has 0 aliphatic carbocycles. The van der Waals surface area contributed by atoms with E-state index in [1.807, 2.05) is 18.0 Å². The van der Waals surface area contributed by atoms with Crippen molar-refractivity contribution >= 4 is 28.4 Å². The van der Waals surface area contributed by atoms with Crippen LogP contribution in [0.5, 0.6) is 0 Å². The molecule has 0 saturated carbocycles. The molecule has 0 saturated heterocycles. The summed E-state index contributed by atoms with van der Waals surface area (Å²) in [4.78, 5) is 0. The molecule has 4 rings (SSSR count). The minimum Gasteiger partial charge on any atom is -0.377 e. The first-order valence-electron chi connectivity index (χ1n) is 6.75. The SMILES string of the molecule is c1ccc2c(c1)CSCC2Nc1ccc2[nH]ncc2c1. The predicted molar refractivity (Wildman–Crippen MR) is 85.1 cm³/mol. The normalized spacial score (nSPS) is 17.9. The Kier molecular flexibility index (Phi) is 2.89. The number of H-pyrrole nitrogens is 1. The predicted octanol–water partition coefficient (Wildman–Crippen LogP) is 3.96. The Morgan fingerprint density at radius 2 is 2.15 bits per heavy atom. The van der Waals surface area contributed by atoms with Crippen LogP contribution in [0.4, 0.5) is 5.69 Å². The molecule has 2 N–H and O–H groups in total. The third-order valence-electron chi connectivity index (χ3n) is 3.75. The van der Waals surface area contributed by atoms with Gasteiger partial charge in [-0.3, -0.25) is 5.10 Å².